The summed E-state index contributed by atoms with van der Waals surface area (Å²) in [6.45, 7) is 5.42. The number of H-pyrrole nitrogens is 1. The SMILES string of the molecule is COCCN(c1cc(C(=O)Nc2ccc3[nH]ccc3c2)ncn1)C(C)C. The van der Waals surface area contributed by atoms with E-state index in [4.69, 9.17) is 4.74 Å². The van der Waals surface area contributed by atoms with Crippen molar-refractivity contribution in [2.24, 2.45) is 0 Å². The number of anilines is 2. The van der Waals surface area contributed by atoms with Crippen LogP contribution in [-0.4, -0.2) is 47.2 Å². The number of carbonyl (C=O) groups excluding carboxylic acids is 1. The molecular formula is C19H23N5O2. The number of nitrogens with zero attached hydrogens (tertiary/aromatic N) is 3. The van der Waals surface area contributed by atoms with E-state index in [1.807, 2.05) is 30.5 Å². The van der Waals surface area contributed by atoms with Gasteiger partial charge in [-0.05, 0) is 38.1 Å². The van der Waals surface area contributed by atoms with E-state index in [-0.39, 0.29) is 11.9 Å². The summed E-state index contributed by atoms with van der Waals surface area (Å²) in [5, 5.41) is 3.93. The minimum Gasteiger partial charge on any atom is -0.383 e. The first-order valence-corrected chi connectivity index (χ1v) is 8.54. The van der Waals surface area contributed by atoms with Crippen molar-refractivity contribution in [1.82, 2.24) is 15.0 Å². The molecule has 0 aliphatic heterocycles. The molecule has 3 aromatic rings. The molecule has 7 nitrogen and oxygen atoms in total. The number of carbonyl (C=O) groups is 1. The van der Waals surface area contributed by atoms with Gasteiger partial charge in [-0.2, -0.15) is 0 Å². The molecular weight excluding hydrogens is 330 g/mol. The van der Waals surface area contributed by atoms with Gasteiger partial charge in [-0.1, -0.05) is 0 Å². The van der Waals surface area contributed by atoms with Gasteiger partial charge in [0.1, 0.15) is 17.8 Å². The van der Waals surface area contributed by atoms with Gasteiger partial charge < -0.3 is 19.9 Å². The molecule has 0 aliphatic rings. The Labute approximate surface area is 152 Å². The predicted molar refractivity (Wildman–Crippen MR) is 103 cm³/mol. The first-order chi connectivity index (χ1) is 12.6. The minimum absolute atomic E-state index is 0.229. The Hall–Kier alpha value is -2.93. The molecule has 136 valence electrons. The standard InChI is InChI=1S/C19H23N5O2/c1-13(2)24(8-9-26-3)18-11-17(21-12-22-18)19(25)23-15-4-5-16-14(10-15)6-7-20-16/h4-7,10-13,20H,8-9H2,1-3H3,(H,23,25). The van der Waals surface area contributed by atoms with Gasteiger partial charge in [0.25, 0.3) is 5.91 Å². The molecule has 2 heterocycles. The number of amides is 1. The fourth-order valence-electron chi connectivity index (χ4n) is 2.78. The minimum atomic E-state index is -0.265. The van der Waals surface area contributed by atoms with Gasteiger partial charge in [-0.25, -0.2) is 9.97 Å². The van der Waals surface area contributed by atoms with Crippen LogP contribution in [0.1, 0.15) is 24.3 Å². The zero-order valence-corrected chi connectivity index (χ0v) is 15.2. The predicted octanol–water partition coefficient (Wildman–Crippen LogP) is 3.07. The molecule has 0 bridgehead atoms. The van der Waals surface area contributed by atoms with Crippen LogP contribution in [0.2, 0.25) is 0 Å². The average Bonchev–Trinajstić information content (AvgIpc) is 3.10. The maximum atomic E-state index is 12.6. The zero-order chi connectivity index (χ0) is 18.5. The van der Waals surface area contributed by atoms with E-state index in [2.05, 4.69) is 39.0 Å². The third kappa shape index (κ3) is 4.00. The van der Waals surface area contributed by atoms with Gasteiger partial charge in [0.2, 0.25) is 0 Å². The molecule has 7 heteroatoms. The van der Waals surface area contributed by atoms with Crippen molar-refractivity contribution >= 4 is 28.3 Å². The van der Waals surface area contributed by atoms with Crippen molar-refractivity contribution in [2.75, 3.05) is 30.5 Å². The van der Waals surface area contributed by atoms with Gasteiger partial charge in [0.15, 0.2) is 0 Å². The Kier molecular flexibility index (Phi) is 5.48. The monoisotopic (exact) mass is 353 g/mol. The van der Waals surface area contributed by atoms with E-state index in [9.17, 15) is 4.79 Å². The molecule has 26 heavy (non-hydrogen) atoms. The van der Waals surface area contributed by atoms with E-state index in [1.54, 1.807) is 13.2 Å². The van der Waals surface area contributed by atoms with Gasteiger partial charge in [0.05, 0.1) is 6.61 Å². The third-order valence-corrected chi connectivity index (χ3v) is 4.15. The lowest BCUT2D eigenvalue weighted by Crippen LogP contribution is -2.34. The Morgan fingerprint density at radius 2 is 2.12 bits per heavy atom. The second-order valence-electron chi connectivity index (χ2n) is 6.28. The van der Waals surface area contributed by atoms with E-state index in [0.29, 0.717) is 24.7 Å². The van der Waals surface area contributed by atoms with Crippen molar-refractivity contribution < 1.29 is 9.53 Å². The summed E-state index contributed by atoms with van der Waals surface area (Å²) in [6.07, 6.45) is 3.29. The normalized spacial score (nSPS) is 11.1. The van der Waals surface area contributed by atoms with Gasteiger partial charge in [0, 0.05) is 48.5 Å². The van der Waals surface area contributed by atoms with Crippen molar-refractivity contribution in [3.8, 4) is 0 Å². The van der Waals surface area contributed by atoms with Crippen molar-refractivity contribution in [3.63, 3.8) is 0 Å². The van der Waals surface area contributed by atoms with Crippen LogP contribution in [0, 0.1) is 0 Å². The molecule has 0 saturated carbocycles. The molecule has 0 spiro atoms. The van der Waals surface area contributed by atoms with Gasteiger partial charge >= 0.3 is 0 Å². The van der Waals surface area contributed by atoms with Crippen LogP contribution in [0.15, 0.2) is 42.9 Å². The van der Waals surface area contributed by atoms with Crippen LogP contribution in [0.3, 0.4) is 0 Å². The third-order valence-electron chi connectivity index (χ3n) is 4.15. The van der Waals surface area contributed by atoms with Gasteiger partial charge in [-0.15, -0.1) is 0 Å². The van der Waals surface area contributed by atoms with Crippen LogP contribution in [0.5, 0.6) is 0 Å². The molecule has 0 unspecified atom stereocenters. The van der Waals surface area contributed by atoms with Crippen LogP contribution in [0.25, 0.3) is 10.9 Å². The summed E-state index contributed by atoms with van der Waals surface area (Å²) in [7, 11) is 1.67. The van der Waals surface area contributed by atoms with Gasteiger partial charge in [-0.3, -0.25) is 4.79 Å². The van der Waals surface area contributed by atoms with Crippen LogP contribution in [0.4, 0.5) is 11.5 Å². The summed E-state index contributed by atoms with van der Waals surface area (Å²) in [5.74, 6) is 0.442. The maximum absolute atomic E-state index is 12.6. The highest BCUT2D eigenvalue weighted by molar-refractivity contribution is 6.04. The summed E-state index contributed by atoms with van der Waals surface area (Å²) in [6, 6.07) is 9.61. The maximum Gasteiger partial charge on any atom is 0.274 e. The first-order valence-electron chi connectivity index (χ1n) is 8.54. The lowest BCUT2D eigenvalue weighted by Gasteiger charge is -2.27. The van der Waals surface area contributed by atoms with E-state index < -0.39 is 0 Å². The van der Waals surface area contributed by atoms with Crippen LogP contribution < -0.4 is 10.2 Å². The molecule has 1 amide bonds. The first kappa shape index (κ1) is 17.9. The number of aromatic nitrogens is 3. The molecule has 0 fully saturated rings. The Morgan fingerprint density at radius 1 is 1.27 bits per heavy atom. The van der Waals surface area contributed by atoms with E-state index in [1.165, 1.54) is 6.33 Å². The van der Waals surface area contributed by atoms with Crippen molar-refractivity contribution in [3.05, 3.63) is 48.5 Å². The number of nitrogens with one attached hydrogen (secondary N) is 2. The Balaban J connectivity index is 1.78. The smallest absolute Gasteiger partial charge is 0.274 e. The molecule has 2 N–H and O–H groups in total. The number of hydrogen-bond donors (Lipinski definition) is 2. The quantitative estimate of drug-likeness (QED) is 0.682. The summed E-state index contributed by atoms with van der Waals surface area (Å²) < 4.78 is 5.16. The summed E-state index contributed by atoms with van der Waals surface area (Å²) >= 11 is 0. The Bertz CT molecular complexity index is 890. The lowest BCUT2D eigenvalue weighted by molar-refractivity contribution is 0.102. The van der Waals surface area contributed by atoms with Crippen molar-refractivity contribution in [2.45, 2.75) is 19.9 Å². The highest BCUT2D eigenvalue weighted by Crippen LogP contribution is 2.19. The number of rotatable bonds is 7. The topological polar surface area (TPSA) is 83.1 Å². The van der Waals surface area contributed by atoms with E-state index >= 15 is 0 Å². The lowest BCUT2D eigenvalue weighted by atomic mass is 10.2. The number of ether oxygens (including phenoxy) is 1. The number of hydrogen-bond acceptors (Lipinski definition) is 5. The molecule has 2 aromatic heterocycles. The average molecular weight is 353 g/mol. The Morgan fingerprint density at radius 3 is 2.88 bits per heavy atom. The number of fused-ring (bicyclic) bond motifs is 1. The van der Waals surface area contributed by atoms with Crippen molar-refractivity contribution in [1.29, 1.82) is 0 Å². The molecule has 1 aromatic carbocycles. The zero-order valence-electron chi connectivity index (χ0n) is 15.2. The highest BCUT2D eigenvalue weighted by Gasteiger charge is 2.15. The molecule has 0 saturated heterocycles. The summed E-state index contributed by atoms with van der Waals surface area (Å²) in [4.78, 5) is 26.2. The van der Waals surface area contributed by atoms with Crippen LogP contribution in [-0.2, 0) is 4.74 Å². The molecule has 3 rings (SSSR count). The summed E-state index contributed by atoms with van der Waals surface area (Å²) in [5.41, 5.74) is 2.08. The van der Waals surface area contributed by atoms with E-state index in [0.717, 1.165) is 16.6 Å². The van der Waals surface area contributed by atoms with Crippen LogP contribution >= 0.6 is 0 Å². The second kappa shape index (κ2) is 7.97. The molecule has 0 radical (unpaired) electrons. The number of benzene rings is 1. The fourth-order valence-corrected chi connectivity index (χ4v) is 2.78. The fraction of sp³-hybridized carbons (Fsp3) is 0.316. The molecule has 0 atom stereocenters. The number of methoxy groups -OCH3 is 1. The molecule has 0 aliphatic carbocycles. The largest absolute Gasteiger partial charge is 0.383 e. The highest BCUT2D eigenvalue weighted by atomic mass is 16.5. The number of aromatic amines is 1. The second-order valence-corrected chi connectivity index (χ2v) is 6.28.